The predicted octanol–water partition coefficient (Wildman–Crippen LogP) is 3.42. The van der Waals surface area contributed by atoms with E-state index in [1.54, 1.807) is 4.68 Å². The Kier molecular flexibility index (Phi) is 3.84. The van der Waals surface area contributed by atoms with Gasteiger partial charge in [0.25, 0.3) is 5.56 Å². The molecule has 166 valence electrons. The molecular formula is C24H27N5O3. The van der Waals surface area contributed by atoms with E-state index >= 15 is 0 Å². The normalized spacial score (nSPS) is 26.0. The number of hydrogen-bond donors (Lipinski definition) is 1. The van der Waals surface area contributed by atoms with Crippen LogP contribution in [-0.4, -0.2) is 50.9 Å². The quantitative estimate of drug-likeness (QED) is 0.664. The lowest BCUT2D eigenvalue weighted by Crippen LogP contribution is -2.38. The van der Waals surface area contributed by atoms with Gasteiger partial charge < -0.3 is 14.4 Å². The van der Waals surface area contributed by atoms with E-state index in [0.717, 1.165) is 85.4 Å². The lowest BCUT2D eigenvalue weighted by molar-refractivity contribution is 0.113. The highest BCUT2D eigenvalue weighted by Gasteiger charge is 2.41. The largest absolute Gasteiger partial charge is 0.488 e. The number of nitrogens with one attached hydrogen (secondary N) is 1. The minimum Gasteiger partial charge on any atom is -0.488 e. The Labute approximate surface area is 185 Å². The number of benzene rings is 1. The topological polar surface area (TPSA) is 85.3 Å². The summed E-state index contributed by atoms with van der Waals surface area (Å²) in [5, 5.41) is 13.5. The second kappa shape index (κ2) is 6.57. The predicted molar refractivity (Wildman–Crippen MR) is 120 cm³/mol. The minimum atomic E-state index is -0.0438. The van der Waals surface area contributed by atoms with Crippen LogP contribution in [-0.2, 0) is 4.74 Å². The van der Waals surface area contributed by atoms with E-state index in [9.17, 15) is 4.79 Å². The zero-order chi connectivity index (χ0) is 21.4. The number of H-pyrrole nitrogens is 1. The van der Waals surface area contributed by atoms with Gasteiger partial charge in [0.05, 0.1) is 23.7 Å². The van der Waals surface area contributed by atoms with Crippen molar-refractivity contribution < 1.29 is 9.47 Å². The molecule has 0 amide bonds. The SMILES string of the molecule is CC1(Oc2ccc3[nH]nc(-c4cc(N5CCC6OCCC65)c(=O)n(C5CC5)n4)c3c2)CC1. The van der Waals surface area contributed by atoms with Crippen molar-refractivity contribution in [2.45, 2.75) is 69.2 Å². The Morgan fingerprint density at radius 2 is 2.06 bits per heavy atom. The first-order valence-corrected chi connectivity index (χ1v) is 11.8. The first-order chi connectivity index (χ1) is 15.6. The van der Waals surface area contributed by atoms with Crippen LogP contribution in [0.1, 0.15) is 51.5 Å². The highest BCUT2D eigenvalue weighted by Crippen LogP contribution is 2.41. The molecule has 4 fully saturated rings. The van der Waals surface area contributed by atoms with Gasteiger partial charge in [0.15, 0.2) is 0 Å². The lowest BCUT2D eigenvalue weighted by Gasteiger charge is -2.25. The van der Waals surface area contributed by atoms with Crippen molar-refractivity contribution in [3.63, 3.8) is 0 Å². The molecule has 8 nitrogen and oxygen atoms in total. The maximum atomic E-state index is 13.4. The van der Waals surface area contributed by atoms with Crippen molar-refractivity contribution in [3.8, 4) is 17.1 Å². The first-order valence-electron chi connectivity index (χ1n) is 11.8. The van der Waals surface area contributed by atoms with Gasteiger partial charge in [-0.1, -0.05) is 0 Å². The number of fused-ring (bicyclic) bond motifs is 2. The van der Waals surface area contributed by atoms with Gasteiger partial charge in [-0.15, -0.1) is 0 Å². The summed E-state index contributed by atoms with van der Waals surface area (Å²) in [6.07, 6.45) is 6.34. The third-order valence-electron chi connectivity index (χ3n) is 7.44. The molecule has 7 rings (SSSR count). The molecule has 1 N–H and O–H groups in total. The monoisotopic (exact) mass is 433 g/mol. The van der Waals surface area contributed by atoms with E-state index < -0.39 is 0 Å². The fraction of sp³-hybridized carbons (Fsp3) is 0.542. The lowest BCUT2D eigenvalue weighted by atomic mass is 10.1. The fourth-order valence-corrected chi connectivity index (χ4v) is 5.20. The van der Waals surface area contributed by atoms with Gasteiger partial charge in [-0.05, 0) is 69.7 Å². The molecule has 4 aliphatic rings. The zero-order valence-electron chi connectivity index (χ0n) is 18.2. The molecule has 0 bridgehead atoms. The number of aromatic amines is 1. The summed E-state index contributed by atoms with van der Waals surface area (Å²) in [4.78, 5) is 15.7. The second-order valence-corrected chi connectivity index (χ2v) is 9.97. The summed E-state index contributed by atoms with van der Waals surface area (Å²) in [6, 6.07) is 8.45. The van der Waals surface area contributed by atoms with E-state index in [4.69, 9.17) is 14.6 Å². The van der Waals surface area contributed by atoms with Crippen LogP contribution in [0.4, 0.5) is 5.69 Å². The Morgan fingerprint density at radius 3 is 2.88 bits per heavy atom. The maximum absolute atomic E-state index is 13.4. The number of anilines is 1. The van der Waals surface area contributed by atoms with Gasteiger partial charge in [-0.3, -0.25) is 9.89 Å². The van der Waals surface area contributed by atoms with Crippen molar-refractivity contribution in [3.05, 3.63) is 34.6 Å². The summed E-state index contributed by atoms with van der Waals surface area (Å²) in [7, 11) is 0. The molecule has 8 heteroatoms. The molecule has 2 atom stereocenters. The summed E-state index contributed by atoms with van der Waals surface area (Å²) in [5.41, 5.74) is 3.13. The Balaban J connectivity index is 1.35. The number of nitrogens with zero attached hydrogens (tertiary/aromatic N) is 4. The van der Waals surface area contributed by atoms with Crippen LogP contribution < -0.4 is 15.2 Å². The molecule has 2 aromatic heterocycles. The van der Waals surface area contributed by atoms with Crippen LogP contribution in [0.25, 0.3) is 22.3 Å². The summed E-state index contributed by atoms with van der Waals surface area (Å²) in [6.45, 7) is 3.76. The van der Waals surface area contributed by atoms with Crippen LogP contribution in [0, 0.1) is 0 Å². The summed E-state index contributed by atoms with van der Waals surface area (Å²) in [5.74, 6) is 0.848. The zero-order valence-corrected chi connectivity index (χ0v) is 18.2. The smallest absolute Gasteiger partial charge is 0.290 e. The van der Waals surface area contributed by atoms with Gasteiger partial charge in [0.1, 0.15) is 28.4 Å². The number of aromatic nitrogens is 4. The number of rotatable bonds is 5. The molecule has 1 aromatic carbocycles. The van der Waals surface area contributed by atoms with E-state index in [1.165, 1.54) is 0 Å². The third-order valence-corrected chi connectivity index (χ3v) is 7.44. The van der Waals surface area contributed by atoms with E-state index in [0.29, 0.717) is 0 Å². The van der Waals surface area contributed by atoms with Crippen LogP contribution in [0.15, 0.2) is 29.1 Å². The summed E-state index contributed by atoms with van der Waals surface area (Å²) < 4.78 is 13.8. The van der Waals surface area contributed by atoms with Gasteiger partial charge in [-0.25, -0.2) is 4.68 Å². The van der Waals surface area contributed by atoms with Crippen LogP contribution in [0.2, 0.25) is 0 Å². The Hall–Kier alpha value is -2.87. The van der Waals surface area contributed by atoms with E-state index in [2.05, 4.69) is 22.0 Å². The standard InChI is InChI=1S/C24H27N5O3/c1-24(8-9-24)32-15-4-5-17-16(12-15)22(26-25-17)18-13-20(23(30)29(27-18)14-2-3-14)28-10-6-21-19(28)7-11-31-21/h4-5,12-14,19,21H,2-3,6-11H2,1H3,(H,25,26). The Bertz CT molecular complexity index is 1270. The van der Waals surface area contributed by atoms with Gasteiger partial charge in [0.2, 0.25) is 0 Å². The number of ether oxygens (including phenoxy) is 2. The van der Waals surface area contributed by atoms with Crippen molar-refractivity contribution in [2.75, 3.05) is 18.1 Å². The molecule has 2 saturated heterocycles. The first kappa shape index (κ1) is 18.7. The van der Waals surface area contributed by atoms with Crippen LogP contribution >= 0.6 is 0 Å². The third kappa shape index (κ3) is 2.96. The van der Waals surface area contributed by atoms with E-state index in [1.807, 2.05) is 24.3 Å². The molecule has 4 heterocycles. The molecule has 0 radical (unpaired) electrons. The Morgan fingerprint density at radius 1 is 1.19 bits per heavy atom. The molecule has 3 aromatic rings. The van der Waals surface area contributed by atoms with Crippen molar-refractivity contribution >= 4 is 16.6 Å². The van der Waals surface area contributed by atoms with Gasteiger partial charge >= 0.3 is 0 Å². The van der Waals surface area contributed by atoms with Crippen molar-refractivity contribution in [1.82, 2.24) is 20.0 Å². The average molecular weight is 434 g/mol. The highest BCUT2D eigenvalue weighted by molar-refractivity contribution is 5.93. The second-order valence-electron chi connectivity index (χ2n) is 9.97. The van der Waals surface area contributed by atoms with Crippen molar-refractivity contribution in [2.24, 2.45) is 0 Å². The molecule has 32 heavy (non-hydrogen) atoms. The molecule has 2 saturated carbocycles. The van der Waals surface area contributed by atoms with Gasteiger partial charge in [0, 0.05) is 18.5 Å². The fourth-order valence-electron chi connectivity index (χ4n) is 5.20. The summed E-state index contributed by atoms with van der Waals surface area (Å²) >= 11 is 0. The molecule has 0 spiro atoms. The van der Waals surface area contributed by atoms with Gasteiger partial charge in [-0.2, -0.15) is 10.2 Å². The van der Waals surface area contributed by atoms with Crippen molar-refractivity contribution in [1.29, 1.82) is 0 Å². The molecule has 2 unspecified atom stereocenters. The van der Waals surface area contributed by atoms with Crippen LogP contribution in [0.5, 0.6) is 5.75 Å². The average Bonchev–Trinajstić information content (AvgIpc) is 3.59. The number of hydrogen-bond acceptors (Lipinski definition) is 6. The van der Waals surface area contributed by atoms with Crippen LogP contribution in [0.3, 0.4) is 0 Å². The molecule has 2 aliphatic carbocycles. The molecule has 2 aliphatic heterocycles. The van der Waals surface area contributed by atoms with E-state index in [-0.39, 0.29) is 29.3 Å². The maximum Gasteiger partial charge on any atom is 0.290 e. The highest BCUT2D eigenvalue weighted by atomic mass is 16.5. The minimum absolute atomic E-state index is 0.00863. The molecular weight excluding hydrogens is 406 g/mol.